The molecule has 0 fully saturated rings. The molecule has 0 amide bonds. The Kier molecular flexibility index (Phi) is 1.42. The van der Waals surface area contributed by atoms with Gasteiger partial charge in [0.05, 0.1) is 0 Å². The van der Waals surface area contributed by atoms with Crippen LogP contribution in [0.3, 0.4) is 0 Å². The van der Waals surface area contributed by atoms with Crippen molar-refractivity contribution in [1.29, 1.82) is 0 Å². The van der Waals surface area contributed by atoms with E-state index < -0.39 is 0 Å². The van der Waals surface area contributed by atoms with E-state index in [1.165, 1.54) is 6.34 Å². The van der Waals surface area contributed by atoms with Crippen LogP contribution in [-0.2, 0) is 12.8 Å². The van der Waals surface area contributed by atoms with Crippen molar-refractivity contribution in [3.63, 3.8) is 0 Å². The quantitative estimate of drug-likeness (QED) is 0.406. The summed E-state index contributed by atoms with van der Waals surface area (Å²) in [6.07, 6.45) is 1.42. The van der Waals surface area contributed by atoms with Crippen molar-refractivity contribution in [2.24, 2.45) is 4.99 Å². The Morgan fingerprint density at radius 1 is 1.67 bits per heavy atom. The summed E-state index contributed by atoms with van der Waals surface area (Å²) in [5.74, 6) is 0.363. The lowest BCUT2D eigenvalue weighted by molar-refractivity contribution is -0.544. The number of anilines is 1. The molecule has 0 spiro atoms. The van der Waals surface area contributed by atoms with E-state index in [1.807, 2.05) is 0 Å². The maximum Gasteiger partial charge on any atom is 0.315 e. The summed E-state index contributed by atoms with van der Waals surface area (Å²) in [7, 11) is 0. The molecule has 62 valence electrons. The fourth-order valence-corrected chi connectivity index (χ4v) is 1.21. The smallest absolute Gasteiger partial charge is 0.315 e. The average Bonchev–Trinajstić information content (AvgIpc) is 2.31. The van der Waals surface area contributed by atoms with Crippen molar-refractivity contribution < 1.29 is 4.31 Å². The molecule has 1 aliphatic rings. The fourth-order valence-electron chi connectivity index (χ4n) is 0.978. The SMILES string of the molecule is Nc1nc2c(c(=O)[nH]1)[NH+]([S-])C=N2. The molecule has 12 heavy (non-hydrogen) atoms. The predicted molar refractivity (Wildman–Crippen MR) is 45.4 cm³/mol. The number of H-pyrrole nitrogens is 1. The van der Waals surface area contributed by atoms with E-state index in [0.29, 0.717) is 15.8 Å². The first-order chi connectivity index (χ1) is 5.68. The number of aromatic amines is 1. The summed E-state index contributed by atoms with van der Waals surface area (Å²) >= 11 is 4.85. The molecule has 0 aliphatic carbocycles. The van der Waals surface area contributed by atoms with Gasteiger partial charge in [-0.05, 0) is 0 Å². The van der Waals surface area contributed by atoms with Crippen LogP contribution in [-0.4, -0.2) is 16.3 Å². The van der Waals surface area contributed by atoms with Gasteiger partial charge in [-0.15, -0.1) is 0 Å². The standard InChI is InChI=1S/C5H5N5OS/c6-5-8-3-2(4(11)9-5)10(12)1-7-3/h1,10H,(H3,6,8,9,11). The van der Waals surface area contributed by atoms with Gasteiger partial charge in [0.2, 0.25) is 17.5 Å². The predicted octanol–water partition coefficient (Wildman–Crippen LogP) is -2.00. The maximum atomic E-state index is 11.2. The molecular weight excluding hydrogens is 178 g/mol. The molecule has 6 nitrogen and oxygen atoms in total. The van der Waals surface area contributed by atoms with Crippen LogP contribution in [0.2, 0.25) is 0 Å². The lowest BCUT2D eigenvalue weighted by Crippen LogP contribution is -3.01. The summed E-state index contributed by atoms with van der Waals surface area (Å²) < 4.78 is 0.402. The van der Waals surface area contributed by atoms with Crippen LogP contribution in [0.25, 0.3) is 0 Å². The zero-order valence-corrected chi connectivity index (χ0v) is 6.68. The molecule has 7 heteroatoms. The van der Waals surface area contributed by atoms with E-state index in [0.717, 1.165) is 0 Å². The Labute approximate surface area is 72.7 Å². The first kappa shape index (κ1) is 7.32. The van der Waals surface area contributed by atoms with Gasteiger partial charge < -0.3 is 22.9 Å². The molecule has 2 rings (SSSR count). The van der Waals surface area contributed by atoms with Gasteiger partial charge in [-0.25, -0.2) is 0 Å². The molecule has 0 aromatic carbocycles. The van der Waals surface area contributed by atoms with Gasteiger partial charge in [0.15, 0.2) is 6.34 Å². The van der Waals surface area contributed by atoms with Gasteiger partial charge in [0.1, 0.15) is 0 Å². The largest absolute Gasteiger partial charge is 0.482 e. The zero-order chi connectivity index (χ0) is 8.72. The maximum absolute atomic E-state index is 11.2. The highest BCUT2D eigenvalue weighted by Crippen LogP contribution is 2.15. The van der Waals surface area contributed by atoms with E-state index in [9.17, 15) is 4.79 Å². The van der Waals surface area contributed by atoms with Crippen LogP contribution in [0.1, 0.15) is 0 Å². The molecule has 1 atom stereocenters. The Morgan fingerprint density at radius 2 is 2.42 bits per heavy atom. The second-order valence-electron chi connectivity index (χ2n) is 2.27. The molecule has 2 heterocycles. The topological polar surface area (TPSA) is 88.6 Å². The minimum absolute atomic E-state index is 0.0561. The minimum atomic E-state index is -0.333. The lowest BCUT2D eigenvalue weighted by Gasteiger charge is -2.09. The van der Waals surface area contributed by atoms with Crippen LogP contribution in [0.15, 0.2) is 9.79 Å². The minimum Gasteiger partial charge on any atom is -0.482 e. The molecule has 1 unspecified atom stereocenters. The fraction of sp³-hybridized carbons (Fsp3) is 0. The number of hydrogen-bond acceptors (Lipinski definition) is 5. The normalized spacial score (nSPS) is 19.6. The summed E-state index contributed by atoms with van der Waals surface area (Å²) in [5, 5.41) is 0. The monoisotopic (exact) mass is 183 g/mol. The molecule has 1 aliphatic heterocycles. The number of nitrogens with two attached hydrogens (primary N) is 1. The van der Waals surface area contributed by atoms with Crippen molar-refractivity contribution in [1.82, 2.24) is 9.97 Å². The molecule has 1 aromatic heterocycles. The van der Waals surface area contributed by atoms with E-state index in [4.69, 9.17) is 18.5 Å². The highest BCUT2D eigenvalue weighted by Gasteiger charge is 2.19. The number of nitrogen functional groups attached to an aromatic ring is 1. The summed E-state index contributed by atoms with van der Waals surface area (Å²) in [5.41, 5.74) is 5.29. The van der Waals surface area contributed by atoms with E-state index in [2.05, 4.69) is 15.0 Å². The summed E-state index contributed by atoms with van der Waals surface area (Å²) in [6.45, 7) is 0. The molecule has 0 saturated heterocycles. The molecule has 0 bridgehead atoms. The Balaban J connectivity index is 2.75. The molecule has 0 radical (unpaired) electrons. The van der Waals surface area contributed by atoms with Crippen molar-refractivity contribution >= 4 is 36.6 Å². The highest BCUT2D eigenvalue weighted by molar-refractivity contribution is 7.51. The van der Waals surface area contributed by atoms with Crippen LogP contribution in [0, 0.1) is 0 Å². The third kappa shape index (κ3) is 0.908. The Morgan fingerprint density at radius 3 is 3.17 bits per heavy atom. The third-order valence-corrected chi connectivity index (χ3v) is 1.78. The summed E-state index contributed by atoms with van der Waals surface area (Å²) in [4.78, 5) is 21.2. The van der Waals surface area contributed by atoms with Crippen LogP contribution >= 0.6 is 0 Å². The van der Waals surface area contributed by atoms with Gasteiger partial charge in [0.25, 0.3) is 0 Å². The van der Waals surface area contributed by atoms with Crippen molar-refractivity contribution in [3.05, 3.63) is 10.4 Å². The average molecular weight is 183 g/mol. The number of quaternary nitrogens is 1. The Bertz CT molecular complexity index is 411. The van der Waals surface area contributed by atoms with Crippen LogP contribution in [0.5, 0.6) is 0 Å². The first-order valence-electron chi connectivity index (χ1n) is 3.16. The van der Waals surface area contributed by atoms with E-state index >= 15 is 0 Å². The second kappa shape index (κ2) is 2.32. The van der Waals surface area contributed by atoms with Crippen molar-refractivity contribution in [2.45, 2.75) is 0 Å². The Hall–Kier alpha value is -1.34. The van der Waals surface area contributed by atoms with E-state index in [1.54, 1.807) is 0 Å². The molecule has 1 aromatic rings. The number of fused-ring (bicyclic) bond motifs is 1. The van der Waals surface area contributed by atoms with Gasteiger partial charge in [-0.2, -0.15) is 9.98 Å². The number of rotatable bonds is 0. The zero-order valence-electron chi connectivity index (χ0n) is 5.87. The van der Waals surface area contributed by atoms with Gasteiger partial charge in [-0.3, -0.25) is 9.78 Å². The lowest BCUT2D eigenvalue weighted by atomic mass is 10.5. The van der Waals surface area contributed by atoms with Gasteiger partial charge >= 0.3 is 5.56 Å². The van der Waals surface area contributed by atoms with Crippen molar-refractivity contribution in [3.8, 4) is 0 Å². The number of nitrogens with one attached hydrogen (secondary N) is 2. The number of nitrogens with zero attached hydrogens (tertiary/aromatic N) is 2. The van der Waals surface area contributed by atoms with E-state index in [-0.39, 0.29) is 11.5 Å². The van der Waals surface area contributed by atoms with Gasteiger partial charge in [0, 0.05) is 0 Å². The van der Waals surface area contributed by atoms with Crippen LogP contribution < -0.4 is 15.6 Å². The molecule has 4 N–H and O–H groups in total. The first-order valence-corrected chi connectivity index (χ1v) is 3.57. The molecular formula is C5H5N5OS. The number of hydrogen-bond donors (Lipinski definition) is 3. The highest BCUT2D eigenvalue weighted by atomic mass is 32.1. The van der Waals surface area contributed by atoms with Crippen LogP contribution in [0.4, 0.5) is 17.5 Å². The van der Waals surface area contributed by atoms with Gasteiger partial charge in [-0.1, -0.05) is 0 Å². The molecule has 0 saturated carbocycles. The number of aromatic nitrogens is 2. The van der Waals surface area contributed by atoms with Crippen molar-refractivity contribution in [2.75, 3.05) is 5.73 Å². The summed E-state index contributed by atoms with van der Waals surface area (Å²) in [6, 6.07) is 0. The second-order valence-corrected chi connectivity index (χ2v) is 2.71. The third-order valence-electron chi connectivity index (χ3n) is 1.47. The number of aliphatic imine (C=N–C) groups is 1.